The Morgan fingerprint density at radius 1 is 1.37 bits per heavy atom. The van der Waals surface area contributed by atoms with Gasteiger partial charge in [0.25, 0.3) is 0 Å². The van der Waals surface area contributed by atoms with Crippen molar-refractivity contribution in [2.45, 2.75) is 51.3 Å². The van der Waals surface area contributed by atoms with Crippen LogP contribution in [-0.2, 0) is 0 Å². The van der Waals surface area contributed by atoms with Gasteiger partial charge in [-0.25, -0.2) is 0 Å². The van der Waals surface area contributed by atoms with Crippen LogP contribution in [0.1, 0.15) is 54.2 Å². The lowest BCUT2D eigenvalue weighted by molar-refractivity contribution is 0.400. The number of rotatable bonds is 4. The van der Waals surface area contributed by atoms with Crippen molar-refractivity contribution in [2.75, 3.05) is 7.11 Å². The lowest BCUT2D eigenvalue weighted by Gasteiger charge is -2.22. The molecule has 0 aromatic heterocycles. The molecule has 0 amide bonds. The Labute approximate surface area is 129 Å². The van der Waals surface area contributed by atoms with E-state index < -0.39 is 0 Å². The lowest BCUT2D eigenvalue weighted by atomic mass is 9.93. The van der Waals surface area contributed by atoms with Gasteiger partial charge in [0, 0.05) is 10.0 Å². The quantitative estimate of drug-likeness (QED) is 0.614. The maximum absolute atomic E-state index is 6.72. The predicted octanol–water partition coefficient (Wildman–Crippen LogP) is 5.93. The molecule has 0 bridgehead atoms. The average molecular weight is 346 g/mol. The first kappa shape index (κ1) is 15.2. The summed E-state index contributed by atoms with van der Waals surface area (Å²) in [5.41, 5.74) is 3.52. The van der Waals surface area contributed by atoms with E-state index in [1.165, 1.54) is 36.8 Å². The zero-order chi connectivity index (χ0) is 14.0. The number of halogens is 2. The van der Waals surface area contributed by atoms with Gasteiger partial charge in [-0.2, -0.15) is 0 Å². The summed E-state index contributed by atoms with van der Waals surface area (Å²) in [4.78, 5) is 0. The first-order valence-corrected chi connectivity index (χ1v) is 8.25. The highest BCUT2D eigenvalue weighted by Crippen LogP contribution is 2.43. The molecule has 1 aromatic carbocycles. The van der Waals surface area contributed by atoms with Gasteiger partial charge >= 0.3 is 0 Å². The summed E-state index contributed by atoms with van der Waals surface area (Å²) in [5, 5.41) is 0.0502. The summed E-state index contributed by atoms with van der Waals surface area (Å²) in [6.07, 6.45) is 6.45. The Kier molecular flexibility index (Phi) is 5.19. The fourth-order valence-electron chi connectivity index (χ4n) is 3.18. The third kappa shape index (κ3) is 3.28. The smallest absolute Gasteiger partial charge is 0.126 e. The Hall–Kier alpha value is -0.210. The highest BCUT2D eigenvalue weighted by atomic mass is 79.9. The van der Waals surface area contributed by atoms with Crippen molar-refractivity contribution in [1.82, 2.24) is 0 Å². The molecule has 0 aliphatic heterocycles. The average Bonchev–Trinajstić information content (AvgIpc) is 2.85. The molecular weight excluding hydrogens is 324 g/mol. The number of aryl methyl sites for hydroxylation is 1. The molecule has 1 saturated carbocycles. The molecule has 1 aliphatic rings. The Balaban J connectivity index is 2.30. The molecule has 0 spiro atoms. The molecule has 0 N–H and O–H groups in total. The van der Waals surface area contributed by atoms with E-state index in [1.807, 2.05) is 0 Å². The number of ether oxygens (including phenoxy) is 1. The second-order valence-corrected chi connectivity index (χ2v) is 6.98. The summed E-state index contributed by atoms with van der Waals surface area (Å²) in [5.74, 6) is 1.74. The number of benzene rings is 1. The van der Waals surface area contributed by atoms with Crippen molar-refractivity contribution >= 4 is 27.5 Å². The summed E-state index contributed by atoms with van der Waals surface area (Å²) in [6, 6.07) is 2.11. The largest absolute Gasteiger partial charge is 0.496 e. The molecule has 1 unspecified atom stereocenters. The van der Waals surface area contributed by atoms with Gasteiger partial charge < -0.3 is 4.74 Å². The molecule has 1 fully saturated rings. The van der Waals surface area contributed by atoms with Crippen molar-refractivity contribution in [1.29, 1.82) is 0 Å². The fourth-order valence-corrected chi connectivity index (χ4v) is 4.25. The first-order valence-electron chi connectivity index (χ1n) is 7.02. The number of hydrogen-bond donors (Lipinski definition) is 0. The maximum Gasteiger partial charge on any atom is 0.126 e. The molecule has 1 nitrogen and oxygen atoms in total. The Morgan fingerprint density at radius 3 is 2.58 bits per heavy atom. The van der Waals surface area contributed by atoms with Gasteiger partial charge in [-0.3, -0.25) is 0 Å². The normalized spacial score (nSPS) is 17.7. The van der Waals surface area contributed by atoms with E-state index in [9.17, 15) is 0 Å². The van der Waals surface area contributed by atoms with E-state index in [0.29, 0.717) is 0 Å². The van der Waals surface area contributed by atoms with E-state index in [-0.39, 0.29) is 5.38 Å². The number of hydrogen-bond acceptors (Lipinski definition) is 1. The third-order valence-corrected chi connectivity index (χ3v) is 5.46. The summed E-state index contributed by atoms with van der Waals surface area (Å²) < 4.78 is 6.72. The van der Waals surface area contributed by atoms with Crippen molar-refractivity contribution < 1.29 is 4.74 Å². The summed E-state index contributed by atoms with van der Waals surface area (Å²) in [6.45, 7) is 4.19. The van der Waals surface area contributed by atoms with Crippen LogP contribution in [-0.4, -0.2) is 7.11 Å². The molecule has 0 saturated heterocycles. The summed E-state index contributed by atoms with van der Waals surface area (Å²) in [7, 11) is 1.73. The minimum atomic E-state index is 0.0502. The van der Waals surface area contributed by atoms with Crippen LogP contribution in [0.15, 0.2) is 10.5 Å². The highest BCUT2D eigenvalue weighted by molar-refractivity contribution is 9.10. The molecule has 19 heavy (non-hydrogen) atoms. The summed E-state index contributed by atoms with van der Waals surface area (Å²) >= 11 is 10.3. The molecule has 1 atom stereocenters. The minimum Gasteiger partial charge on any atom is -0.496 e. The van der Waals surface area contributed by atoms with Gasteiger partial charge in [0.15, 0.2) is 0 Å². The molecule has 0 heterocycles. The van der Waals surface area contributed by atoms with Crippen LogP contribution in [0, 0.1) is 19.8 Å². The van der Waals surface area contributed by atoms with Crippen molar-refractivity contribution in [3.63, 3.8) is 0 Å². The van der Waals surface area contributed by atoms with Crippen molar-refractivity contribution in [3.05, 3.63) is 27.2 Å². The Morgan fingerprint density at radius 2 is 2.00 bits per heavy atom. The third-order valence-electron chi connectivity index (χ3n) is 4.24. The van der Waals surface area contributed by atoms with Gasteiger partial charge in [-0.05, 0) is 43.4 Å². The van der Waals surface area contributed by atoms with Crippen LogP contribution in [0.3, 0.4) is 0 Å². The lowest BCUT2D eigenvalue weighted by Crippen LogP contribution is -2.05. The van der Waals surface area contributed by atoms with Gasteiger partial charge in [0.05, 0.1) is 12.5 Å². The molecule has 3 heteroatoms. The van der Waals surface area contributed by atoms with E-state index in [2.05, 4.69) is 35.8 Å². The molecule has 1 aromatic rings. The molecule has 2 rings (SSSR count). The zero-order valence-corrected chi connectivity index (χ0v) is 14.3. The predicted molar refractivity (Wildman–Crippen MR) is 85.3 cm³/mol. The Bertz CT molecular complexity index is 453. The first-order chi connectivity index (χ1) is 9.04. The van der Waals surface area contributed by atoms with Gasteiger partial charge in [0.2, 0.25) is 0 Å². The van der Waals surface area contributed by atoms with E-state index in [0.717, 1.165) is 28.1 Å². The van der Waals surface area contributed by atoms with Crippen molar-refractivity contribution in [2.24, 2.45) is 5.92 Å². The maximum atomic E-state index is 6.72. The SMILES string of the molecule is COc1c(C)cc(Br)c(C)c1C(Cl)CC1CCCC1. The van der Waals surface area contributed by atoms with Crippen LogP contribution in [0.4, 0.5) is 0 Å². The molecule has 106 valence electrons. The van der Waals surface area contributed by atoms with E-state index in [4.69, 9.17) is 16.3 Å². The van der Waals surface area contributed by atoms with Crippen molar-refractivity contribution in [3.8, 4) is 5.75 Å². The molecule has 0 radical (unpaired) electrons. The minimum absolute atomic E-state index is 0.0502. The van der Waals surface area contributed by atoms with E-state index in [1.54, 1.807) is 7.11 Å². The van der Waals surface area contributed by atoms with Crippen LogP contribution >= 0.6 is 27.5 Å². The highest BCUT2D eigenvalue weighted by Gasteiger charge is 2.25. The van der Waals surface area contributed by atoms with Gasteiger partial charge in [-0.1, -0.05) is 41.6 Å². The van der Waals surface area contributed by atoms with Crippen LogP contribution < -0.4 is 4.74 Å². The van der Waals surface area contributed by atoms with Crippen LogP contribution in [0.2, 0.25) is 0 Å². The van der Waals surface area contributed by atoms with Gasteiger partial charge in [-0.15, -0.1) is 11.6 Å². The van der Waals surface area contributed by atoms with Crippen LogP contribution in [0.25, 0.3) is 0 Å². The van der Waals surface area contributed by atoms with E-state index >= 15 is 0 Å². The number of methoxy groups -OCH3 is 1. The topological polar surface area (TPSA) is 9.23 Å². The molecular formula is C16H22BrClO. The fraction of sp³-hybridized carbons (Fsp3) is 0.625. The zero-order valence-electron chi connectivity index (χ0n) is 11.9. The number of alkyl halides is 1. The van der Waals surface area contributed by atoms with Gasteiger partial charge in [0.1, 0.15) is 5.75 Å². The second-order valence-electron chi connectivity index (χ2n) is 5.60. The monoisotopic (exact) mass is 344 g/mol. The molecule has 1 aliphatic carbocycles. The second kappa shape index (κ2) is 6.49. The standard InChI is InChI=1S/C16H22BrClO/c1-10-8-13(17)11(2)15(16(10)19-3)14(18)9-12-6-4-5-7-12/h8,12,14H,4-7,9H2,1-3H3. The van der Waals surface area contributed by atoms with Crippen LogP contribution in [0.5, 0.6) is 5.75 Å².